The van der Waals surface area contributed by atoms with Gasteiger partial charge in [0, 0.05) is 19.6 Å². The fraction of sp³-hybridized carbons (Fsp3) is 0.294. The summed E-state index contributed by atoms with van der Waals surface area (Å²) in [5, 5.41) is 3.11. The zero-order chi connectivity index (χ0) is 17.3. The topological polar surface area (TPSA) is 49.4 Å². The van der Waals surface area contributed by atoms with E-state index in [1.165, 1.54) is 47.6 Å². The van der Waals surface area contributed by atoms with Crippen LogP contribution in [0.2, 0.25) is 0 Å². The van der Waals surface area contributed by atoms with Crippen LogP contribution in [0.4, 0.5) is 8.78 Å². The average Bonchev–Trinajstić information content (AvgIpc) is 2.57. The molecule has 1 aliphatic heterocycles. The van der Waals surface area contributed by atoms with Gasteiger partial charge in [-0.05, 0) is 36.2 Å². The average molecular weight is 389 g/mol. The highest BCUT2D eigenvalue weighted by Gasteiger charge is 2.36. The smallest absolute Gasteiger partial charge is 0.246 e. The number of hydrogen-bond donors (Lipinski definition) is 1. The molecule has 1 unspecified atom stereocenters. The Kier molecular flexibility index (Phi) is 6.16. The van der Waals surface area contributed by atoms with Gasteiger partial charge in [0.2, 0.25) is 10.0 Å². The summed E-state index contributed by atoms with van der Waals surface area (Å²) >= 11 is 0. The van der Waals surface area contributed by atoms with Gasteiger partial charge in [0.1, 0.15) is 16.5 Å². The molecule has 8 heteroatoms. The number of piperazine rings is 1. The maximum absolute atomic E-state index is 14.4. The van der Waals surface area contributed by atoms with Gasteiger partial charge in [0.05, 0.1) is 6.04 Å². The lowest BCUT2D eigenvalue weighted by Crippen LogP contribution is -2.48. The van der Waals surface area contributed by atoms with E-state index in [4.69, 9.17) is 0 Å². The van der Waals surface area contributed by atoms with Crippen molar-refractivity contribution in [3.8, 4) is 0 Å². The fourth-order valence-corrected chi connectivity index (χ4v) is 4.67. The first kappa shape index (κ1) is 19.8. The van der Waals surface area contributed by atoms with Crippen molar-refractivity contribution in [1.82, 2.24) is 9.62 Å². The minimum Gasteiger partial charge on any atom is -0.313 e. The number of benzene rings is 2. The summed E-state index contributed by atoms with van der Waals surface area (Å²) in [5.41, 5.74) is 0.812. The van der Waals surface area contributed by atoms with E-state index in [1.807, 2.05) is 0 Å². The van der Waals surface area contributed by atoms with Crippen LogP contribution in [0.25, 0.3) is 0 Å². The number of halogens is 3. The van der Waals surface area contributed by atoms with Crippen molar-refractivity contribution >= 4 is 22.4 Å². The molecule has 0 amide bonds. The summed E-state index contributed by atoms with van der Waals surface area (Å²) in [5.74, 6) is -1.17. The highest BCUT2D eigenvalue weighted by Crippen LogP contribution is 2.30. The van der Waals surface area contributed by atoms with Crippen LogP contribution in [0.3, 0.4) is 0 Å². The molecule has 3 rings (SSSR count). The first-order valence-electron chi connectivity index (χ1n) is 7.64. The lowest BCUT2D eigenvalue weighted by Gasteiger charge is -2.35. The van der Waals surface area contributed by atoms with E-state index < -0.39 is 27.7 Å². The van der Waals surface area contributed by atoms with Gasteiger partial charge in [-0.3, -0.25) is 0 Å². The Morgan fingerprint density at radius 1 is 1.16 bits per heavy atom. The Balaban J connectivity index is 0.00000225. The Bertz CT molecular complexity index is 861. The van der Waals surface area contributed by atoms with E-state index in [0.29, 0.717) is 18.7 Å². The molecule has 1 aliphatic rings. The van der Waals surface area contributed by atoms with E-state index in [-0.39, 0.29) is 29.4 Å². The summed E-state index contributed by atoms with van der Waals surface area (Å²) < 4.78 is 55.1. The van der Waals surface area contributed by atoms with Crippen molar-refractivity contribution < 1.29 is 17.2 Å². The molecule has 1 N–H and O–H groups in total. The standard InChI is InChI=1S/C17H18F2N2O2S.ClH/c1-12-4-2-7-16(17(12)19)24(22,23)21-9-8-20-11-15(21)13-5-3-6-14(18)10-13;/h2-7,10,15,20H,8-9,11H2,1H3;1H. The molecular formula is C17H19ClF2N2O2S. The van der Waals surface area contributed by atoms with Gasteiger partial charge in [-0.15, -0.1) is 12.4 Å². The second-order valence-electron chi connectivity index (χ2n) is 5.78. The maximum Gasteiger partial charge on any atom is 0.246 e. The Morgan fingerprint density at radius 2 is 1.88 bits per heavy atom. The van der Waals surface area contributed by atoms with Gasteiger partial charge in [-0.1, -0.05) is 24.3 Å². The summed E-state index contributed by atoms with van der Waals surface area (Å²) in [6.45, 7) is 2.52. The lowest BCUT2D eigenvalue weighted by atomic mass is 10.1. The molecule has 2 aromatic rings. The Morgan fingerprint density at radius 3 is 2.60 bits per heavy atom. The maximum atomic E-state index is 14.4. The third-order valence-electron chi connectivity index (χ3n) is 4.17. The first-order valence-corrected chi connectivity index (χ1v) is 9.08. The Hall–Kier alpha value is -1.54. The Labute approximate surface area is 152 Å². The number of nitrogens with one attached hydrogen (secondary N) is 1. The monoisotopic (exact) mass is 388 g/mol. The van der Waals surface area contributed by atoms with E-state index in [2.05, 4.69) is 5.32 Å². The van der Waals surface area contributed by atoms with Gasteiger partial charge in [0.25, 0.3) is 0 Å². The van der Waals surface area contributed by atoms with E-state index in [1.54, 1.807) is 6.07 Å². The summed E-state index contributed by atoms with van der Waals surface area (Å²) in [7, 11) is -4.03. The van der Waals surface area contributed by atoms with Crippen molar-refractivity contribution in [3.05, 3.63) is 65.2 Å². The van der Waals surface area contributed by atoms with Crippen molar-refractivity contribution in [3.63, 3.8) is 0 Å². The molecule has 25 heavy (non-hydrogen) atoms. The predicted molar refractivity (Wildman–Crippen MR) is 94.3 cm³/mol. The van der Waals surface area contributed by atoms with Crippen LogP contribution in [0.5, 0.6) is 0 Å². The molecule has 1 atom stereocenters. The zero-order valence-corrected chi connectivity index (χ0v) is 15.2. The normalized spacial score (nSPS) is 18.6. The minimum atomic E-state index is -4.03. The molecule has 136 valence electrons. The van der Waals surface area contributed by atoms with Crippen molar-refractivity contribution in [2.75, 3.05) is 19.6 Å². The van der Waals surface area contributed by atoms with E-state index >= 15 is 0 Å². The summed E-state index contributed by atoms with van der Waals surface area (Å²) in [6.07, 6.45) is 0. The zero-order valence-electron chi connectivity index (χ0n) is 13.6. The highest BCUT2D eigenvalue weighted by molar-refractivity contribution is 7.89. The number of aryl methyl sites for hydroxylation is 1. The third kappa shape index (κ3) is 3.84. The van der Waals surface area contributed by atoms with Gasteiger partial charge in [-0.2, -0.15) is 4.31 Å². The molecule has 2 aromatic carbocycles. The molecular weight excluding hydrogens is 370 g/mol. The predicted octanol–water partition coefficient (Wildman–Crippen LogP) is 3.03. The van der Waals surface area contributed by atoms with Gasteiger partial charge >= 0.3 is 0 Å². The molecule has 4 nitrogen and oxygen atoms in total. The first-order chi connectivity index (χ1) is 11.4. The van der Waals surface area contributed by atoms with Crippen LogP contribution in [0.15, 0.2) is 47.4 Å². The van der Waals surface area contributed by atoms with Gasteiger partial charge < -0.3 is 5.32 Å². The van der Waals surface area contributed by atoms with Gasteiger partial charge in [0.15, 0.2) is 0 Å². The molecule has 0 saturated carbocycles. The van der Waals surface area contributed by atoms with E-state index in [0.717, 1.165) is 0 Å². The largest absolute Gasteiger partial charge is 0.313 e. The van der Waals surface area contributed by atoms with Crippen molar-refractivity contribution in [1.29, 1.82) is 0 Å². The molecule has 1 saturated heterocycles. The van der Waals surface area contributed by atoms with Crippen LogP contribution in [-0.4, -0.2) is 32.4 Å². The molecule has 0 bridgehead atoms. The minimum absolute atomic E-state index is 0. The van der Waals surface area contributed by atoms with Gasteiger partial charge in [-0.25, -0.2) is 17.2 Å². The highest BCUT2D eigenvalue weighted by atomic mass is 35.5. The van der Waals surface area contributed by atoms with Crippen LogP contribution >= 0.6 is 12.4 Å². The molecule has 0 aliphatic carbocycles. The summed E-state index contributed by atoms with van der Waals surface area (Å²) in [4.78, 5) is -0.342. The van der Waals surface area contributed by atoms with Crippen LogP contribution in [0.1, 0.15) is 17.2 Å². The molecule has 0 aromatic heterocycles. The number of sulfonamides is 1. The number of nitrogens with zero attached hydrogens (tertiary/aromatic N) is 1. The fourth-order valence-electron chi connectivity index (χ4n) is 2.92. The SMILES string of the molecule is Cc1cccc(S(=O)(=O)N2CCNCC2c2cccc(F)c2)c1F.Cl. The molecule has 1 fully saturated rings. The van der Waals surface area contributed by atoms with Crippen LogP contribution in [0, 0.1) is 18.6 Å². The number of hydrogen-bond acceptors (Lipinski definition) is 3. The van der Waals surface area contributed by atoms with Crippen molar-refractivity contribution in [2.45, 2.75) is 17.9 Å². The van der Waals surface area contributed by atoms with E-state index in [9.17, 15) is 17.2 Å². The van der Waals surface area contributed by atoms with Crippen LogP contribution < -0.4 is 5.32 Å². The lowest BCUT2D eigenvalue weighted by molar-refractivity contribution is 0.270. The van der Waals surface area contributed by atoms with Crippen molar-refractivity contribution in [2.24, 2.45) is 0 Å². The molecule has 0 radical (unpaired) electrons. The second kappa shape index (κ2) is 7.78. The quantitative estimate of drug-likeness (QED) is 0.879. The second-order valence-corrected chi connectivity index (χ2v) is 7.64. The third-order valence-corrected chi connectivity index (χ3v) is 6.10. The number of rotatable bonds is 3. The molecule has 1 heterocycles. The van der Waals surface area contributed by atoms with Crippen LogP contribution in [-0.2, 0) is 10.0 Å². The summed E-state index contributed by atoms with van der Waals surface area (Å²) in [6, 6.07) is 9.56. The molecule has 0 spiro atoms.